The molecule has 0 radical (unpaired) electrons. The monoisotopic (exact) mass is 330 g/mol. The fraction of sp³-hybridized carbons (Fsp3) is 0.214. The van der Waals surface area contributed by atoms with Crippen molar-refractivity contribution in [3.05, 3.63) is 33.9 Å². The number of nitrogens with one attached hydrogen (secondary N) is 1. The van der Waals surface area contributed by atoms with Gasteiger partial charge in [-0.05, 0) is 40.0 Å². The first-order valence-electron chi connectivity index (χ1n) is 6.16. The molecule has 1 N–H and O–H groups in total. The Morgan fingerprint density at radius 2 is 2.25 bits per heavy atom. The standard InChI is InChI=1S/C14H11BrN4O/c1-19-14(13(15)11(7-16)18-19)9-2-4-10-8(6-9)3-5-12(20)17-10/h2,4,6H,3,5H2,1H3,(H,17,20). The number of halogens is 1. The summed E-state index contributed by atoms with van der Waals surface area (Å²) in [5.74, 6) is 0.0544. The normalized spacial score (nSPS) is 13.6. The topological polar surface area (TPSA) is 70.7 Å². The van der Waals surface area contributed by atoms with Gasteiger partial charge >= 0.3 is 0 Å². The van der Waals surface area contributed by atoms with E-state index in [1.54, 1.807) is 4.68 Å². The number of nitriles is 1. The van der Waals surface area contributed by atoms with Crippen LogP contribution >= 0.6 is 15.9 Å². The van der Waals surface area contributed by atoms with Gasteiger partial charge in [0.25, 0.3) is 0 Å². The number of benzene rings is 1. The van der Waals surface area contributed by atoms with Gasteiger partial charge in [-0.15, -0.1) is 0 Å². The lowest BCUT2D eigenvalue weighted by Gasteiger charge is -2.17. The zero-order valence-electron chi connectivity index (χ0n) is 10.8. The van der Waals surface area contributed by atoms with Gasteiger partial charge in [-0.25, -0.2) is 0 Å². The number of aryl methyl sites for hydroxylation is 2. The maximum atomic E-state index is 11.4. The molecule has 0 saturated carbocycles. The van der Waals surface area contributed by atoms with Crippen molar-refractivity contribution in [2.24, 2.45) is 7.05 Å². The lowest BCUT2D eigenvalue weighted by molar-refractivity contribution is -0.116. The molecule has 0 fully saturated rings. The molecule has 2 aromatic rings. The van der Waals surface area contributed by atoms with Crippen molar-refractivity contribution in [2.45, 2.75) is 12.8 Å². The number of carbonyl (C=O) groups excluding carboxylic acids is 1. The van der Waals surface area contributed by atoms with Crippen LogP contribution in [0.5, 0.6) is 0 Å². The Hall–Kier alpha value is -2.13. The van der Waals surface area contributed by atoms with E-state index in [0.717, 1.165) is 28.9 Å². The number of amides is 1. The summed E-state index contributed by atoms with van der Waals surface area (Å²) in [6.07, 6.45) is 1.24. The molecule has 1 amide bonds. The minimum absolute atomic E-state index is 0.0544. The van der Waals surface area contributed by atoms with Crippen LogP contribution in [-0.4, -0.2) is 15.7 Å². The molecule has 100 valence electrons. The second-order valence-corrected chi connectivity index (χ2v) is 5.46. The van der Waals surface area contributed by atoms with Gasteiger partial charge in [0.1, 0.15) is 6.07 Å². The molecule has 0 bridgehead atoms. The smallest absolute Gasteiger partial charge is 0.224 e. The first-order chi connectivity index (χ1) is 9.60. The van der Waals surface area contributed by atoms with Crippen molar-refractivity contribution in [3.8, 4) is 17.3 Å². The molecule has 5 nitrogen and oxygen atoms in total. The molecule has 6 heteroatoms. The van der Waals surface area contributed by atoms with E-state index in [4.69, 9.17) is 5.26 Å². The fourth-order valence-corrected chi connectivity index (χ4v) is 3.07. The highest BCUT2D eigenvalue weighted by atomic mass is 79.9. The molecular formula is C14H11BrN4O. The van der Waals surface area contributed by atoms with Gasteiger partial charge in [0.05, 0.1) is 10.2 Å². The molecule has 0 saturated heterocycles. The molecular weight excluding hydrogens is 320 g/mol. The summed E-state index contributed by atoms with van der Waals surface area (Å²) in [6, 6.07) is 7.92. The van der Waals surface area contributed by atoms with Crippen LogP contribution < -0.4 is 5.32 Å². The summed E-state index contributed by atoms with van der Waals surface area (Å²) in [5, 5.41) is 16.0. The van der Waals surface area contributed by atoms with Crippen LogP contribution in [-0.2, 0) is 18.3 Å². The summed E-state index contributed by atoms with van der Waals surface area (Å²) in [4.78, 5) is 11.4. The summed E-state index contributed by atoms with van der Waals surface area (Å²) in [7, 11) is 1.81. The number of fused-ring (bicyclic) bond motifs is 1. The summed E-state index contributed by atoms with van der Waals surface area (Å²) in [6.45, 7) is 0. The van der Waals surface area contributed by atoms with E-state index in [0.29, 0.717) is 16.6 Å². The van der Waals surface area contributed by atoms with Gasteiger partial charge in [0.15, 0.2) is 5.69 Å². The summed E-state index contributed by atoms with van der Waals surface area (Å²) >= 11 is 3.43. The van der Waals surface area contributed by atoms with Crippen LogP contribution in [0.4, 0.5) is 5.69 Å². The van der Waals surface area contributed by atoms with E-state index in [1.165, 1.54) is 0 Å². The lowest BCUT2D eigenvalue weighted by Crippen LogP contribution is -2.18. The second-order valence-electron chi connectivity index (χ2n) is 4.67. The highest BCUT2D eigenvalue weighted by molar-refractivity contribution is 9.10. The van der Waals surface area contributed by atoms with Crippen LogP contribution in [0.3, 0.4) is 0 Å². The Morgan fingerprint density at radius 1 is 1.45 bits per heavy atom. The van der Waals surface area contributed by atoms with E-state index in [-0.39, 0.29) is 5.91 Å². The van der Waals surface area contributed by atoms with E-state index >= 15 is 0 Å². The van der Waals surface area contributed by atoms with Gasteiger partial charge in [-0.1, -0.05) is 6.07 Å². The third-order valence-electron chi connectivity index (χ3n) is 3.37. The van der Waals surface area contributed by atoms with Crippen molar-refractivity contribution < 1.29 is 4.79 Å². The molecule has 20 heavy (non-hydrogen) atoms. The van der Waals surface area contributed by atoms with Gasteiger partial charge < -0.3 is 5.32 Å². The number of anilines is 1. The minimum atomic E-state index is 0.0544. The maximum Gasteiger partial charge on any atom is 0.224 e. The molecule has 1 aromatic carbocycles. The first-order valence-corrected chi connectivity index (χ1v) is 6.95. The Balaban J connectivity index is 2.11. The van der Waals surface area contributed by atoms with Gasteiger partial charge in [0, 0.05) is 24.7 Å². The van der Waals surface area contributed by atoms with Crippen molar-refractivity contribution in [1.82, 2.24) is 9.78 Å². The average molecular weight is 331 g/mol. The highest BCUT2D eigenvalue weighted by Gasteiger charge is 2.19. The number of rotatable bonds is 1. The Labute approximate surface area is 124 Å². The largest absolute Gasteiger partial charge is 0.326 e. The minimum Gasteiger partial charge on any atom is -0.326 e. The molecule has 1 aliphatic heterocycles. The zero-order chi connectivity index (χ0) is 14.3. The lowest BCUT2D eigenvalue weighted by atomic mass is 9.99. The maximum absolute atomic E-state index is 11.4. The summed E-state index contributed by atoms with van der Waals surface area (Å²) < 4.78 is 2.38. The van der Waals surface area contributed by atoms with E-state index < -0.39 is 0 Å². The second kappa shape index (κ2) is 4.76. The van der Waals surface area contributed by atoms with Gasteiger partial charge in [-0.3, -0.25) is 9.48 Å². The number of hydrogen-bond donors (Lipinski definition) is 1. The van der Waals surface area contributed by atoms with Crippen molar-refractivity contribution in [1.29, 1.82) is 5.26 Å². The number of aromatic nitrogens is 2. The molecule has 0 aliphatic carbocycles. The SMILES string of the molecule is Cn1nc(C#N)c(Br)c1-c1ccc2c(c1)CCC(=O)N2. The number of carbonyl (C=O) groups is 1. The Kier molecular flexibility index (Phi) is 3.07. The van der Waals surface area contributed by atoms with Gasteiger partial charge in [0.2, 0.25) is 5.91 Å². The molecule has 0 unspecified atom stereocenters. The van der Waals surface area contributed by atoms with Crippen LogP contribution in [0.2, 0.25) is 0 Å². The van der Waals surface area contributed by atoms with E-state index in [2.05, 4.69) is 32.4 Å². The van der Waals surface area contributed by atoms with E-state index in [1.807, 2.05) is 25.2 Å². The third kappa shape index (κ3) is 2.00. The first kappa shape index (κ1) is 12.9. The summed E-state index contributed by atoms with van der Waals surface area (Å²) in [5.41, 5.74) is 4.18. The van der Waals surface area contributed by atoms with Crippen molar-refractivity contribution in [3.63, 3.8) is 0 Å². The quantitative estimate of drug-likeness (QED) is 0.873. The molecule has 3 rings (SSSR count). The molecule has 1 aliphatic rings. The van der Waals surface area contributed by atoms with Crippen LogP contribution in [0.15, 0.2) is 22.7 Å². The van der Waals surface area contributed by atoms with Crippen LogP contribution in [0, 0.1) is 11.3 Å². The van der Waals surface area contributed by atoms with Gasteiger partial charge in [-0.2, -0.15) is 10.4 Å². The Morgan fingerprint density at radius 3 is 2.95 bits per heavy atom. The average Bonchev–Trinajstić information content (AvgIpc) is 2.73. The number of hydrogen-bond acceptors (Lipinski definition) is 3. The zero-order valence-corrected chi connectivity index (χ0v) is 12.4. The number of nitrogens with zero attached hydrogens (tertiary/aromatic N) is 3. The van der Waals surface area contributed by atoms with E-state index in [9.17, 15) is 4.79 Å². The molecule has 0 spiro atoms. The predicted molar refractivity (Wildman–Crippen MR) is 78.0 cm³/mol. The predicted octanol–water partition coefficient (Wildman–Crippen LogP) is 2.61. The fourth-order valence-electron chi connectivity index (χ4n) is 2.41. The van der Waals surface area contributed by atoms with Crippen LogP contribution in [0.25, 0.3) is 11.3 Å². The highest BCUT2D eigenvalue weighted by Crippen LogP contribution is 2.33. The molecule has 0 atom stereocenters. The third-order valence-corrected chi connectivity index (χ3v) is 4.12. The Bertz CT molecular complexity index is 757. The molecule has 2 heterocycles. The van der Waals surface area contributed by atoms with Crippen molar-refractivity contribution >= 4 is 27.5 Å². The van der Waals surface area contributed by atoms with Crippen LogP contribution in [0.1, 0.15) is 17.7 Å². The van der Waals surface area contributed by atoms with Crippen molar-refractivity contribution in [2.75, 3.05) is 5.32 Å². The molecule has 1 aromatic heterocycles.